The van der Waals surface area contributed by atoms with Crippen molar-refractivity contribution in [2.45, 2.75) is 13.5 Å². The van der Waals surface area contributed by atoms with Crippen LogP contribution < -0.4 is 14.9 Å². The number of hydrogen-bond acceptors (Lipinski definition) is 5. The summed E-state index contributed by atoms with van der Waals surface area (Å²) in [4.78, 5) is 12.5. The smallest absolute Gasteiger partial charge is 0.307 e. The van der Waals surface area contributed by atoms with E-state index in [1.165, 1.54) is 10.8 Å². The van der Waals surface area contributed by atoms with Crippen LogP contribution in [0, 0.1) is 3.57 Å². The number of halogens is 1. The summed E-state index contributed by atoms with van der Waals surface area (Å²) in [6.07, 6.45) is 1.59. The Balaban J connectivity index is 1.19. The molecule has 0 atom stereocenters. The monoisotopic (exact) mass is 590 g/mol. The average molecular weight is 590 g/mol. The summed E-state index contributed by atoms with van der Waals surface area (Å²) in [5, 5.41) is 7.28. The molecule has 7 heteroatoms. The quantitative estimate of drug-likeness (QED) is 0.121. The fraction of sp³-hybridized carbons (Fsp3) is 0.103. The Bertz CT molecular complexity index is 1570. The van der Waals surface area contributed by atoms with Gasteiger partial charge in [0.1, 0.15) is 23.7 Å². The molecule has 0 spiro atoms. The van der Waals surface area contributed by atoms with Crippen molar-refractivity contribution >= 4 is 56.5 Å². The van der Waals surface area contributed by atoms with Crippen LogP contribution in [0.5, 0.6) is 11.5 Å². The van der Waals surface area contributed by atoms with Gasteiger partial charge in [0, 0.05) is 5.39 Å². The predicted molar refractivity (Wildman–Crippen MR) is 150 cm³/mol. The normalized spacial score (nSPS) is 11.3. The van der Waals surface area contributed by atoms with Gasteiger partial charge in [-0.25, -0.2) is 5.43 Å². The molecule has 1 N–H and O–H groups in total. The maximum absolute atomic E-state index is 12.5. The Labute approximate surface area is 222 Å². The molecule has 0 aliphatic carbocycles. The first kappa shape index (κ1) is 23.9. The van der Waals surface area contributed by atoms with Crippen LogP contribution in [0.25, 0.3) is 21.7 Å². The molecule has 1 amide bonds. The van der Waals surface area contributed by atoms with Gasteiger partial charge in [0.25, 0.3) is 0 Å². The molecule has 5 aromatic rings. The van der Waals surface area contributed by atoms with E-state index in [-0.39, 0.29) is 5.76 Å². The van der Waals surface area contributed by atoms with Gasteiger partial charge in [0.15, 0.2) is 5.76 Å². The van der Waals surface area contributed by atoms with Crippen LogP contribution in [-0.2, 0) is 6.61 Å². The topological polar surface area (TPSA) is 73.1 Å². The van der Waals surface area contributed by atoms with Gasteiger partial charge in [-0.05, 0) is 99.9 Å². The molecular weight excluding hydrogens is 567 g/mol. The van der Waals surface area contributed by atoms with Crippen LogP contribution in [0.3, 0.4) is 0 Å². The molecule has 0 fully saturated rings. The number of carbonyl (C=O) groups excluding carboxylic acids is 1. The molecule has 0 radical (unpaired) electrons. The van der Waals surface area contributed by atoms with Gasteiger partial charge in [-0.3, -0.25) is 4.79 Å². The van der Waals surface area contributed by atoms with E-state index in [1.807, 2.05) is 49.4 Å². The van der Waals surface area contributed by atoms with Crippen LogP contribution in [0.4, 0.5) is 0 Å². The number of hydrogen-bond donors (Lipinski definition) is 1. The molecule has 0 aliphatic heterocycles. The molecular formula is C29H23IN2O4. The lowest BCUT2D eigenvalue weighted by Crippen LogP contribution is -2.16. The molecule has 180 valence electrons. The van der Waals surface area contributed by atoms with E-state index < -0.39 is 5.91 Å². The first-order valence-electron chi connectivity index (χ1n) is 11.5. The van der Waals surface area contributed by atoms with Crippen molar-refractivity contribution in [3.05, 3.63) is 105 Å². The summed E-state index contributed by atoms with van der Waals surface area (Å²) in [5.41, 5.74) is 5.07. The average Bonchev–Trinajstić information content (AvgIpc) is 3.32. The van der Waals surface area contributed by atoms with Crippen LogP contribution in [0.1, 0.15) is 28.6 Å². The molecule has 4 aromatic carbocycles. The number of benzene rings is 4. The molecule has 0 aliphatic rings. The third kappa shape index (κ3) is 5.52. The first-order chi connectivity index (χ1) is 17.6. The number of hydrazone groups is 1. The van der Waals surface area contributed by atoms with E-state index in [2.05, 4.69) is 63.4 Å². The molecule has 36 heavy (non-hydrogen) atoms. The summed E-state index contributed by atoms with van der Waals surface area (Å²) < 4.78 is 18.1. The highest BCUT2D eigenvalue weighted by molar-refractivity contribution is 14.1. The molecule has 0 unspecified atom stereocenters. The number of amides is 1. The molecule has 5 rings (SSSR count). The summed E-state index contributed by atoms with van der Waals surface area (Å²) >= 11 is 2.23. The summed E-state index contributed by atoms with van der Waals surface area (Å²) in [5.74, 6) is 1.28. The highest BCUT2D eigenvalue weighted by Gasteiger charge is 2.12. The SMILES string of the molecule is CCOc1ccc2oc(C(=O)N/N=C/c3ccc(OCc4ccc5ccccc5c4)c(I)c3)cc2c1. The van der Waals surface area contributed by atoms with Gasteiger partial charge in [-0.2, -0.15) is 5.10 Å². The van der Waals surface area contributed by atoms with Crippen molar-refractivity contribution in [3.63, 3.8) is 0 Å². The number of furan rings is 1. The van der Waals surface area contributed by atoms with Crippen molar-refractivity contribution in [2.24, 2.45) is 5.10 Å². The van der Waals surface area contributed by atoms with E-state index in [0.717, 1.165) is 31.6 Å². The van der Waals surface area contributed by atoms with Crippen LogP contribution >= 0.6 is 22.6 Å². The highest BCUT2D eigenvalue weighted by Crippen LogP contribution is 2.25. The second-order valence-electron chi connectivity index (χ2n) is 8.10. The summed E-state index contributed by atoms with van der Waals surface area (Å²) in [6.45, 7) is 2.97. The van der Waals surface area contributed by atoms with E-state index in [1.54, 1.807) is 18.3 Å². The Morgan fingerprint density at radius 2 is 1.81 bits per heavy atom. The summed E-state index contributed by atoms with van der Waals surface area (Å²) in [6, 6.07) is 27.5. The lowest BCUT2D eigenvalue weighted by molar-refractivity contribution is 0.0929. The number of carbonyl (C=O) groups is 1. The van der Waals surface area contributed by atoms with Gasteiger partial charge >= 0.3 is 5.91 Å². The maximum Gasteiger partial charge on any atom is 0.307 e. The van der Waals surface area contributed by atoms with E-state index >= 15 is 0 Å². The third-order valence-corrected chi connectivity index (χ3v) is 6.41. The van der Waals surface area contributed by atoms with Crippen LogP contribution in [-0.4, -0.2) is 18.7 Å². The maximum atomic E-state index is 12.5. The van der Waals surface area contributed by atoms with Gasteiger partial charge in [-0.15, -0.1) is 0 Å². The molecule has 0 bridgehead atoms. The molecule has 1 heterocycles. The molecule has 1 aromatic heterocycles. The second-order valence-corrected chi connectivity index (χ2v) is 9.26. The standard InChI is InChI=1S/C29H23IN2O4/c1-2-34-24-10-12-26-23(15-24)16-28(36-26)29(33)32-31-17-19-8-11-27(25(30)14-19)35-18-20-7-9-21-5-3-4-6-22(21)13-20/h3-17H,2,18H2,1H3,(H,32,33)/b31-17+. The largest absolute Gasteiger partial charge is 0.494 e. The van der Waals surface area contributed by atoms with Crippen molar-refractivity contribution in [1.29, 1.82) is 0 Å². The number of nitrogens with one attached hydrogen (secondary N) is 1. The second kappa shape index (κ2) is 10.8. The van der Waals surface area contributed by atoms with Crippen molar-refractivity contribution < 1.29 is 18.7 Å². The van der Waals surface area contributed by atoms with Gasteiger partial charge in [-0.1, -0.05) is 36.4 Å². The van der Waals surface area contributed by atoms with Gasteiger partial charge in [0.2, 0.25) is 0 Å². The minimum atomic E-state index is -0.426. The minimum absolute atomic E-state index is 0.183. The lowest BCUT2D eigenvalue weighted by Gasteiger charge is -2.10. The Kier molecular flexibility index (Phi) is 7.18. The fourth-order valence-corrected chi connectivity index (χ4v) is 4.51. The number of nitrogens with zero attached hydrogens (tertiary/aromatic N) is 1. The zero-order chi connectivity index (χ0) is 24.9. The lowest BCUT2D eigenvalue weighted by atomic mass is 10.1. The number of fused-ring (bicyclic) bond motifs is 2. The molecule has 0 saturated carbocycles. The fourth-order valence-electron chi connectivity index (χ4n) is 3.81. The van der Waals surface area contributed by atoms with E-state index in [9.17, 15) is 4.79 Å². The number of ether oxygens (including phenoxy) is 2. The van der Waals surface area contributed by atoms with Crippen molar-refractivity contribution in [1.82, 2.24) is 5.43 Å². The number of rotatable bonds is 8. The summed E-state index contributed by atoms with van der Waals surface area (Å²) in [7, 11) is 0. The molecule has 6 nitrogen and oxygen atoms in total. The molecule has 0 saturated heterocycles. The zero-order valence-corrected chi connectivity index (χ0v) is 21.7. The van der Waals surface area contributed by atoms with Gasteiger partial charge < -0.3 is 13.9 Å². The minimum Gasteiger partial charge on any atom is -0.494 e. The highest BCUT2D eigenvalue weighted by atomic mass is 127. The van der Waals surface area contributed by atoms with E-state index in [0.29, 0.717) is 18.8 Å². The van der Waals surface area contributed by atoms with Crippen molar-refractivity contribution in [3.8, 4) is 11.5 Å². The van der Waals surface area contributed by atoms with Crippen LogP contribution in [0.15, 0.2) is 94.4 Å². The third-order valence-electron chi connectivity index (χ3n) is 5.57. The Hall–Kier alpha value is -3.85. The van der Waals surface area contributed by atoms with Crippen molar-refractivity contribution in [2.75, 3.05) is 6.61 Å². The zero-order valence-electron chi connectivity index (χ0n) is 19.5. The first-order valence-corrected chi connectivity index (χ1v) is 12.6. The Morgan fingerprint density at radius 1 is 0.944 bits per heavy atom. The van der Waals surface area contributed by atoms with Crippen LogP contribution in [0.2, 0.25) is 0 Å². The Morgan fingerprint density at radius 3 is 2.64 bits per heavy atom. The predicted octanol–water partition coefficient (Wildman–Crippen LogP) is 6.93. The van der Waals surface area contributed by atoms with E-state index in [4.69, 9.17) is 13.9 Å². The van der Waals surface area contributed by atoms with Gasteiger partial charge in [0.05, 0.1) is 16.4 Å².